The lowest BCUT2D eigenvalue weighted by atomic mass is 9.99. The number of nitrogen functional groups attached to an aromatic ring is 1. The van der Waals surface area contributed by atoms with E-state index in [0.29, 0.717) is 18.6 Å². The Labute approximate surface area is 138 Å². The minimum atomic E-state index is 0.345. The quantitative estimate of drug-likeness (QED) is 0.866. The lowest BCUT2D eigenvalue weighted by Crippen LogP contribution is -2.49. The van der Waals surface area contributed by atoms with Crippen molar-refractivity contribution in [2.24, 2.45) is 0 Å². The van der Waals surface area contributed by atoms with Gasteiger partial charge in [-0.3, -0.25) is 4.79 Å². The first-order chi connectivity index (χ1) is 11.2. The number of nitrogens with two attached hydrogens (primary N) is 1. The van der Waals surface area contributed by atoms with E-state index in [0.717, 1.165) is 68.7 Å². The molecule has 5 heteroatoms. The van der Waals surface area contributed by atoms with Gasteiger partial charge in [-0.1, -0.05) is 6.07 Å². The molecule has 1 aromatic rings. The molecule has 2 N–H and O–H groups in total. The summed E-state index contributed by atoms with van der Waals surface area (Å²) >= 11 is 0. The van der Waals surface area contributed by atoms with E-state index >= 15 is 0 Å². The third-order valence-corrected chi connectivity index (χ3v) is 5.01. The number of likely N-dealkylation sites (tertiary alicyclic amines) is 1. The van der Waals surface area contributed by atoms with Gasteiger partial charge in [-0.15, -0.1) is 0 Å². The van der Waals surface area contributed by atoms with Crippen LogP contribution in [0.3, 0.4) is 0 Å². The summed E-state index contributed by atoms with van der Waals surface area (Å²) in [5, 5.41) is 0. The normalized spacial score (nSPS) is 20.1. The number of rotatable bonds is 4. The number of carbonyl (C=O) groups excluding carboxylic acids is 1. The molecule has 3 rings (SSSR count). The average molecular weight is 317 g/mol. The maximum absolute atomic E-state index is 12.1. The molecule has 2 saturated heterocycles. The Hall–Kier alpha value is -1.75. The highest BCUT2D eigenvalue weighted by Crippen LogP contribution is 2.29. The summed E-state index contributed by atoms with van der Waals surface area (Å²) in [5.74, 6) is 0.345. The molecule has 1 aromatic carbocycles. The van der Waals surface area contributed by atoms with E-state index < -0.39 is 0 Å². The standard InChI is InChI=1S/C18H27N3O2/c1-23-13-14-5-6-17(16(19)12-14)20-10-7-15(8-11-20)21-9-3-2-4-18(21)22/h5-6,12,15H,2-4,7-11,13,19H2,1H3. The number of anilines is 2. The van der Waals surface area contributed by atoms with Crippen molar-refractivity contribution in [3.63, 3.8) is 0 Å². The van der Waals surface area contributed by atoms with Gasteiger partial charge >= 0.3 is 0 Å². The third kappa shape index (κ3) is 3.61. The number of methoxy groups -OCH3 is 1. The zero-order chi connectivity index (χ0) is 16.2. The molecule has 0 saturated carbocycles. The van der Waals surface area contributed by atoms with Crippen LogP contribution in [-0.4, -0.2) is 43.6 Å². The van der Waals surface area contributed by atoms with Gasteiger partial charge in [0.05, 0.1) is 18.0 Å². The highest BCUT2D eigenvalue weighted by molar-refractivity contribution is 5.77. The fourth-order valence-corrected chi connectivity index (χ4v) is 3.78. The van der Waals surface area contributed by atoms with Crippen LogP contribution in [-0.2, 0) is 16.1 Å². The predicted molar refractivity (Wildman–Crippen MR) is 92.4 cm³/mol. The number of ether oxygens (including phenoxy) is 1. The summed E-state index contributed by atoms with van der Waals surface area (Å²) in [4.78, 5) is 16.5. The van der Waals surface area contributed by atoms with Crippen molar-refractivity contribution >= 4 is 17.3 Å². The maximum atomic E-state index is 12.1. The lowest BCUT2D eigenvalue weighted by molar-refractivity contribution is -0.136. The highest BCUT2D eigenvalue weighted by atomic mass is 16.5. The van der Waals surface area contributed by atoms with Gasteiger partial charge in [-0.05, 0) is 43.4 Å². The molecule has 2 aliphatic heterocycles. The van der Waals surface area contributed by atoms with Gasteiger partial charge in [-0.2, -0.15) is 0 Å². The molecule has 2 fully saturated rings. The van der Waals surface area contributed by atoms with E-state index in [1.807, 2.05) is 6.07 Å². The molecule has 0 spiro atoms. The van der Waals surface area contributed by atoms with Crippen LogP contribution in [0.15, 0.2) is 18.2 Å². The number of hydrogen-bond acceptors (Lipinski definition) is 4. The van der Waals surface area contributed by atoms with E-state index in [1.165, 1.54) is 0 Å². The molecule has 2 aliphatic rings. The van der Waals surface area contributed by atoms with Crippen molar-refractivity contribution in [3.05, 3.63) is 23.8 Å². The van der Waals surface area contributed by atoms with E-state index in [-0.39, 0.29) is 0 Å². The smallest absolute Gasteiger partial charge is 0.222 e. The van der Waals surface area contributed by atoms with Crippen LogP contribution >= 0.6 is 0 Å². The second kappa shape index (κ2) is 7.21. The molecule has 0 atom stereocenters. The Morgan fingerprint density at radius 2 is 2.00 bits per heavy atom. The number of carbonyl (C=O) groups is 1. The predicted octanol–water partition coefficient (Wildman–Crippen LogP) is 2.40. The topological polar surface area (TPSA) is 58.8 Å². The van der Waals surface area contributed by atoms with Crippen molar-refractivity contribution in [1.29, 1.82) is 0 Å². The Morgan fingerprint density at radius 3 is 2.65 bits per heavy atom. The molecule has 0 radical (unpaired) electrons. The Kier molecular flexibility index (Phi) is 5.06. The Balaban J connectivity index is 1.61. The van der Waals surface area contributed by atoms with Crippen molar-refractivity contribution in [2.45, 2.75) is 44.8 Å². The lowest BCUT2D eigenvalue weighted by Gasteiger charge is -2.41. The third-order valence-electron chi connectivity index (χ3n) is 5.01. The first kappa shape index (κ1) is 16.1. The average Bonchev–Trinajstić information content (AvgIpc) is 2.56. The van der Waals surface area contributed by atoms with Crippen LogP contribution in [0.25, 0.3) is 0 Å². The summed E-state index contributed by atoms with van der Waals surface area (Å²) in [6.07, 6.45) is 5.00. The number of nitrogens with zero attached hydrogens (tertiary/aromatic N) is 2. The van der Waals surface area contributed by atoms with Crippen molar-refractivity contribution in [3.8, 4) is 0 Å². The molecule has 0 unspecified atom stereocenters. The second-order valence-corrected chi connectivity index (χ2v) is 6.59. The van der Waals surface area contributed by atoms with Gasteiger partial charge in [0, 0.05) is 39.2 Å². The summed E-state index contributed by atoms with van der Waals surface area (Å²) in [7, 11) is 1.69. The zero-order valence-electron chi connectivity index (χ0n) is 14.0. The zero-order valence-corrected chi connectivity index (χ0v) is 14.0. The van der Waals surface area contributed by atoms with Crippen LogP contribution in [0, 0.1) is 0 Å². The largest absolute Gasteiger partial charge is 0.397 e. The Morgan fingerprint density at radius 1 is 1.22 bits per heavy atom. The maximum Gasteiger partial charge on any atom is 0.222 e. The SMILES string of the molecule is COCc1ccc(N2CCC(N3CCCCC3=O)CC2)c(N)c1. The monoisotopic (exact) mass is 317 g/mol. The van der Waals surface area contributed by atoms with Crippen LogP contribution < -0.4 is 10.6 Å². The summed E-state index contributed by atoms with van der Waals surface area (Å²) in [6.45, 7) is 3.45. The Bertz CT molecular complexity index is 553. The summed E-state index contributed by atoms with van der Waals surface area (Å²) < 4.78 is 5.15. The number of hydrogen-bond donors (Lipinski definition) is 1. The van der Waals surface area contributed by atoms with Crippen molar-refractivity contribution < 1.29 is 9.53 Å². The van der Waals surface area contributed by atoms with Gasteiger partial charge < -0.3 is 20.3 Å². The fourth-order valence-electron chi connectivity index (χ4n) is 3.78. The van der Waals surface area contributed by atoms with Crippen LogP contribution in [0.4, 0.5) is 11.4 Å². The van der Waals surface area contributed by atoms with Crippen LogP contribution in [0.1, 0.15) is 37.7 Å². The van der Waals surface area contributed by atoms with E-state index in [2.05, 4.69) is 21.9 Å². The molecular weight excluding hydrogens is 290 g/mol. The first-order valence-electron chi connectivity index (χ1n) is 8.61. The van der Waals surface area contributed by atoms with E-state index in [1.54, 1.807) is 7.11 Å². The molecule has 23 heavy (non-hydrogen) atoms. The van der Waals surface area contributed by atoms with Crippen LogP contribution in [0.2, 0.25) is 0 Å². The number of amides is 1. The fraction of sp³-hybridized carbons (Fsp3) is 0.611. The summed E-state index contributed by atoms with van der Waals surface area (Å²) in [5.41, 5.74) is 9.24. The van der Waals surface area contributed by atoms with Gasteiger partial charge in [0.25, 0.3) is 0 Å². The van der Waals surface area contributed by atoms with E-state index in [9.17, 15) is 4.79 Å². The van der Waals surface area contributed by atoms with Gasteiger partial charge in [0.15, 0.2) is 0 Å². The number of piperidine rings is 2. The molecule has 0 aliphatic carbocycles. The van der Waals surface area contributed by atoms with Gasteiger partial charge in [0.1, 0.15) is 0 Å². The number of benzene rings is 1. The molecule has 0 bridgehead atoms. The molecule has 126 valence electrons. The minimum absolute atomic E-state index is 0.345. The van der Waals surface area contributed by atoms with Gasteiger partial charge in [-0.25, -0.2) is 0 Å². The summed E-state index contributed by atoms with van der Waals surface area (Å²) in [6, 6.07) is 6.58. The van der Waals surface area contributed by atoms with E-state index in [4.69, 9.17) is 10.5 Å². The molecule has 2 heterocycles. The molecule has 1 amide bonds. The van der Waals surface area contributed by atoms with Crippen LogP contribution in [0.5, 0.6) is 0 Å². The van der Waals surface area contributed by atoms with Crippen molar-refractivity contribution in [2.75, 3.05) is 37.4 Å². The highest BCUT2D eigenvalue weighted by Gasteiger charge is 2.29. The second-order valence-electron chi connectivity index (χ2n) is 6.59. The molecular formula is C18H27N3O2. The molecule has 0 aromatic heterocycles. The molecule has 5 nitrogen and oxygen atoms in total. The van der Waals surface area contributed by atoms with Gasteiger partial charge in [0.2, 0.25) is 5.91 Å². The van der Waals surface area contributed by atoms with Crippen molar-refractivity contribution in [1.82, 2.24) is 4.90 Å². The first-order valence-corrected chi connectivity index (χ1v) is 8.61. The minimum Gasteiger partial charge on any atom is -0.397 e.